The number of carbonyl (C=O) groups is 3. The molecule has 23 heteroatoms. The number of amides is 2. The molecule has 494 valence electrons. The Labute approximate surface area is 499 Å². The number of rotatable bonds is 48. The molecule has 18 unspecified atom stereocenters. The molecule has 3 fully saturated rings. The molecule has 3 aliphatic heterocycles. The first-order valence-corrected chi connectivity index (χ1v) is 32.4. The number of hydrogen-bond donors (Lipinski definition) is 14. The summed E-state index contributed by atoms with van der Waals surface area (Å²) in [5.74, 6) is -6.09. The molecule has 18 atom stereocenters. The zero-order valence-corrected chi connectivity index (χ0v) is 51.0. The molecule has 3 rings (SSSR count). The molecular weight excluding hydrogens is 1100 g/mol. The van der Waals surface area contributed by atoms with Crippen LogP contribution in [0.4, 0.5) is 0 Å². The lowest BCUT2D eigenvalue weighted by Gasteiger charge is -2.50. The van der Waals surface area contributed by atoms with Crippen LogP contribution in [-0.2, 0) is 42.8 Å². The first-order chi connectivity index (χ1) is 40.4. The van der Waals surface area contributed by atoms with Crippen molar-refractivity contribution in [3.8, 4) is 0 Å². The van der Waals surface area contributed by atoms with Gasteiger partial charge in [0.25, 0.3) is 5.79 Å². The summed E-state index contributed by atoms with van der Waals surface area (Å²) in [6.07, 6.45) is 7.00. The smallest absolute Gasteiger partial charge is 0.364 e. The van der Waals surface area contributed by atoms with Gasteiger partial charge in [0.2, 0.25) is 11.8 Å². The van der Waals surface area contributed by atoms with Crippen molar-refractivity contribution >= 4 is 17.8 Å². The van der Waals surface area contributed by atoms with Gasteiger partial charge in [-0.3, -0.25) is 9.59 Å². The third kappa shape index (κ3) is 26.8. The highest BCUT2D eigenvalue weighted by atomic mass is 16.8. The van der Waals surface area contributed by atoms with E-state index < -0.39 is 148 Å². The summed E-state index contributed by atoms with van der Waals surface area (Å²) < 4.78 is 34.8. The van der Waals surface area contributed by atoms with Crippen LogP contribution in [0.1, 0.15) is 233 Å². The van der Waals surface area contributed by atoms with E-state index in [0.29, 0.717) is 19.3 Å². The van der Waals surface area contributed by atoms with Crippen molar-refractivity contribution < 1.29 is 104 Å². The fourth-order valence-corrected chi connectivity index (χ4v) is 11.6. The molecule has 0 aromatic heterocycles. The summed E-state index contributed by atoms with van der Waals surface area (Å²) in [5, 5.41) is 136. The summed E-state index contributed by atoms with van der Waals surface area (Å²) >= 11 is 0. The van der Waals surface area contributed by atoms with Crippen LogP contribution in [0.3, 0.4) is 0 Å². The Kier molecular flexibility index (Phi) is 39.3. The molecule has 0 spiro atoms. The van der Waals surface area contributed by atoms with Crippen molar-refractivity contribution in [3.05, 3.63) is 0 Å². The fraction of sp³-hybridized carbons (Fsp3) is 0.951. The van der Waals surface area contributed by atoms with Crippen LogP contribution < -0.4 is 10.6 Å². The van der Waals surface area contributed by atoms with Gasteiger partial charge in [-0.05, 0) is 12.8 Å². The molecule has 0 aromatic carbocycles. The van der Waals surface area contributed by atoms with E-state index in [1.165, 1.54) is 135 Å². The number of hydrogen-bond acceptors (Lipinski definition) is 20. The molecule has 14 N–H and O–H groups in total. The maximum Gasteiger partial charge on any atom is 0.364 e. The molecule has 2 amide bonds. The Hall–Kier alpha value is -2.27. The predicted octanol–water partition coefficient (Wildman–Crippen LogP) is 4.17. The van der Waals surface area contributed by atoms with Gasteiger partial charge in [0.05, 0.1) is 50.7 Å². The number of carboxylic acids is 1. The van der Waals surface area contributed by atoms with E-state index >= 15 is 0 Å². The largest absolute Gasteiger partial charge is 0.477 e. The summed E-state index contributed by atoms with van der Waals surface area (Å²) in [6.45, 7) is 2.18. The van der Waals surface area contributed by atoms with Gasteiger partial charge in [-0.15, -0.1) is 0 Å². The summed E-state index contributed by atoms with van der Waals surface area (Å²) in [6, 6.07) is -2.52. The zero-order chi connectivity index (χ0) is 61.9. The van der Waals surface area contributed by atoms with E-state index in [2.05, 4.69) is 24.5 Å². The molecule has 3 heterocycles. The van der Waals surface area contributed by atoms with Gasteiger partial charge in [-0.25, -0.2) is 4.79 Å². The Morgan fingerprint density at radius 2 is 1.04 bits per heavy atom. The highest BCUT2D eigenvalue weighted by molar-refractivity contribution is 5.77. The molecule has 0 aliphatic carbocycles. The standard InChI is InChI=1S/C61H114N2O21/c1-4-6-8-10-12-14-16-17-18-19-20-21-22-23-25-27-29-31-33-35-48(71)63-42(43(68)34-32-30-28-26-24-15-13-11-9-7-5-2)40-79-58-53(75)52(74)55(47(39-66)81-58)82-59-54(76)57(51(73)46(38-65)80-59)84-61(60(77)78)36-44(69)49(62-41(3)67)56(83-61)50(72)45(70)37-64/h42-47,49-59,64-66,68-70,72-76H,4-40H2,1-3H3,(H,62,67)(H,63,71)(H,77,78). The van der Waals surface area contributed by atoms with Crippen molar-refractivity contribution in [2.75, 3.05) is 26.4 Å². The molecule has 3 saturated heterocycles. The van der Waals surface area contributed by atoms with Crippen molar-refractivity contribution in [2.45, 2.75) is 342 Å². The number of nitrogens with one attached hydrogen (secondary N) is 2. The Morgan fingerprint density at radius 3 is 1.49 bits per heavy atom. The molecule has 23 nitrogen and oxygen atoms in total. The number of carbonyl (C=O) groups excluding carboxylic acids is 2. The van der Waals surface area contributed by atoms with Gasteiger partial charge in [-0.1, -0.05) is 200 Å². The van der Waals surface area contributed by atoms with Gasteiger partial charge in [0.15, 0.2) is 12.6 Å². The number of aliphatic carboxylic acids is 1. The van der Waals surface area contributed by atoms with E-state index in [-0.39, 0.29) is 18.9 Å². The third-order valence-electron chi connectivity index (χ3n) is 16.8. The first kappa shape index (κ1) is 76.0. The average Bonchev–Trinajstić information content (AvgIpc) is 2.70. The normalized spacial score (nSPS) is 29.7. The number of aliphatic hydroxyl groups is 11. The second-order valence-corrected chi connectivity index (χ2v) is 24.0. The molecule has 0 aromatic rings. The van der Waals surface area contributed by atoms with Crippen molar-refractivity contribution in [1.82, 2.24) is 10.6 Å². The first-order valence-electron chi connectivity index (χ1n) is 32.4. The number of aliphatic hydroxyl groups excluding tert-OH is 11. The van der Waals surface area contributed by atoms with Crippen LogP contribution in [-0.4, -0.2) is 215 Å². The number of ether oxygens (including phenoxy) is 6. The topological polar surface area (TPSA) is 373 Å². The van der Waals surface area contributed by atoms with Gasteiger partial charge >= 0.3 is 5.97 Å². The van der Waals surface area contributed by atoms with E-state index in [1.54, 1.807) is 0 Å². The maximum atomic E-state index is 13.4. The monoisotopic (exact) mass is 1210 g/mol. The van der Waals surface area contributed by atoms with Gasteiger partial charge < -0.3 is 100 Å². The van der Waals surface area contributed by atoms with Crippen LogP contribution >= 0.6 is 0 Å². The SMILES string of the molecule is CCCCCCCCCCCCCCCCCCCCCC(=O)NC(COC1OC(CO)C(OC2OC(CO)C(O)C(OC3(C(=O)O)CC(O)C(NC(C)=O)C(C(O)C(O)CO)O3)C2O)C(O)C1O)C(O)CCCCCCCCCCCCC. The second kappa shape index (κ2) is 43.4. The number of unbranched alkanes of at least 4 members (excludes halogenated alkanes) is 28. The lowest BCUT2D eigenvalue weighted by molar-refractivity contribution is -0.386. The van der Waals surface area contributed by atoms with Crippen molar-refractivity contribution in [2.24, 2.45) is 0 Å². The van der Waals surface area contributed by atoms with Crippen LogP contribution in [0.15, 0.2) is 0 Å². The fourth-order valence-electron chi connectivity index (χ4n) is 11.6. The Morgan fingerprint density at radius 1 is 0.571 bits per heavy atom. The quantitative estimate of drug-likeness (QED) is 0.0380. The minimum atomic E-state index is -3.07. The maximum absolute atomic E-state index is 13.4. The van der Waals surface area contributed by atoms with Crippen LogP contribution in [0, 0.1) is 0 Å². The summed E-state index contributed by atoms with van der Waals surface area (Å²) in [5.41, 5.74) is 0. The van der Waals surface area contributed by atoms with Crippen molar-refractivity contribution in [1.29, 1.82) is 0 Å². The molecule has 0 bridgehead atoms. The lowest BCUT2D eigenvalue weighted by Crippen LogP contribution is -2.70. The Bertz CT molecular complexity index is 1720. The predicted molar refractivity (Wildman–Crippen MR) is 311 cm³/mol. The number of carboxylic acid groups (broad SMARTS) is 1. The van der Waals surface area contributed by atoms with Crippen LogP contribution in [0.25, 0.3) is 0 Å². The molecular formula is C61H114N2O21. The summed E-state index contributed by atoms with van der Waals surface area (Å²) in [4.78, 5) is 38.4. The van der Waals surface area contributed by atoms with Crippen molar-refractivity contribution in [3.63, 3.8) is 0 Å². The average molecular weight is 1210 g/mol. The minimum Gasteiger partial charge on any atom is -0.477 e. The van der Waals surface area contributed by atoms with Gasteiger partial charge in [0, 0.05) is 19.8 Å². The zero-order valence-electron chi connectivity index (χ0n) is 51.0. The van der Waals surface area contributed by atoms with E-state index in [1.807, 2.05) is 0 Å². The van der Waals surface area contributed by atoms with Crippen LogP contribution in [0.2, 0.25) is 0 Å². The molecule has 84 heavy (non-hydrogen) atoms. The highest BCUT2D eigenvalue weighted by Gasteiger charge is 2.60. The lowest BCUT2D eigenvalue weighted by atomic mass is 9.88. The molecule has 0 saturated carbocycles. The van der Waals surface area contributed by atoms with Crippen LogP contribution in [0.5, 0.6) is 0 Å². The Balaban J connectivity index is 1.61. The second-order valence-electron chi connectivity index (χ2n) is 24.0. The summed E-state index contributed by atoms with van der Waals surface area (Å²) in [7, 11) is 0. The van der Waals surface area contributed by atoms with Gasteiger partial charge in [-0.2, -0.15) is 0 Å². The highest BCUT2D eigenvalue weighted by Crippen LogP contribution is 2.38. The van der Waals surface area contributed by atoms with E-state index in [9.17, 15) is 75.7 Å². The third-order valence-corrected chi connectivity index (χ3v) is 16.8. The van der Waals surface area contributed by atoms with E-state index in [4.69, 9.17) is 28.4 Å². The minimum absolute atomic E-state index is 0.228. The van der Waals surface area contributed by atoms with Gasteiger partial charge in [0.1, 0.15) is 67.1 Å². The molecule has 0 radical (unpaired) electrons. The molecule has 3 aliphatic rings. The van der Waals surface area contributed by atoms with E-state index in [0.717, 1.165) is 51.9 Å².